The summed E-state index contributed by atoms with van der Waals surface area (Å²) in [5.41, 5.74) is 2.93. The molecule has 0 saturated carbocycles. The van der Waals surface area contributed by atoms with E-state index in [1.54, 1.807) is 24.3 Å². The van der Waals surface area contributed by atoms with Crippen LogP contribution in [0.25, 0.3) is 6.08 Å². The van der Waals surface area contributed by atoms with Crippen molar-refractivity contribution in [1.29, 1.82) is 0 Å². The van der Waals surface area contributed by atoms with Crippen molar-refractivity contribution in [3.63, 3.8) is 0 Å². The van der Waals surface area contributed by atoms with Crippen LogP contribution in [0.1, 0.15) is 21.5 Å². The zero-order valence-electron chi connectivity index (χ0n) is 11.2. The number of carbonyl (C=O) groups excluding carboxylic acids is 1. The Labute approximate surface area is 122 Å². The number of phenols is 1. The summed E-state index contributed by atoms with van der Waals surface area (Å²) < 4.78 is 5.12. The Morgan fingerprint density at radius 3 is 2.90 bits per heavy atom. The quantitative estimate of drug-likeness (QED) is 0.508. The van der Waals surface area contributed by atoms with E-state index in [4.69, 9.17) is 4.65 Å². The van der Waals surface area contributed by atoms with E-state index in [1.165, 1.54) is 18.2 Å². The number of aromatic hydroxyl groups is 1. The van der Waals surface area contributed by atoms with Crippen LogP contribution in [0.15, 0.2) is 48.5 Å². The molecule has 0 bridgehead atoms. The van der Waals surface area contributed by atoms with Crippen LogP contribution in [0.4, 0.5) is 0 Å². The van der Waals surface area contributed by atoms with Gasteiger partial charge in [0, 0.05) is 5.56 Å². The van der Waals surface area contributed by atoms with E-state index in [2.05, 4.69) is 0 Å². The monoisotopic (exact) mass is 280 g/mol. The van der Waals surface area contributed by atoms with Crippen LogP contribution in [-0.4, -0.2) is 23.0 Å². The van der Waals surface area contributed by atoms with Gasteiger partial charge in [0.1, 0.15) is 5.75 Å². The summed E-state index contributed by atoms with van der Waals surface area (Å²) in [6.45, 7) is 0.405. The molecule has 0 aromatic heterocycles. The molecule has 21 heavy (non-hydrogen) atoms. The van der Waals surface area contributed by atoms with E-state index in [-0.39, 0.29) is 11.5 Å². The second-order valence-electron chi connectivity index (χ2n) is 4.87. The van der Waals surface area contributed by atoms with Crippen LogP contribution in [0.2, 0.25) is 0 Å². The first kappa shape index (κ1) is 13.6. The van der Waals surface area contributed by atoms with Gasteiger partial charge in [0.15, 0.2) is 5.78 Å². The van der Waals surface area contributed by atoms with Crippen molar-refractivity contribution in [3.8, 4) is 5.75 Å². The first-order chi connectivity index (χ1) is 10.1. The fraction of sp³-hybridized carbons (Fsp3) is 0.0625. The third-order valence-corrected chi connectivity index (χ3v) is 3.39. The first-order valence-corrected chi connectivity index (χ1v) is 6.57. The Morgan fingerprint density at radius 2 is 2.10 bits per heavy atom. The molecule has 0 saturated heterocycles. The van der Waals surface area contributed by atoms with Crippen molar-refractivity contribution >= 4 is 24.4 Å². The summed E-state index contributed by atoms with van der Waals surface area (Å²) in [5, 5.41) is 19.0. The second kappa shape index (κ2) is 5.56. The summed E-state index contributed by atoms with van der Waals surface area (Å²) in [4.78, 5) is 12.0. The van der Waals surface area contributed by atoms with Crippen LogP contribution < -0.4 is 5.46 Å². The fourth-order valence-electron chi connectivity index (χ4n) is 2.26. The summed E-state index contributed by atoms with van der Waals surface area (Å²) in [7, 11) is -0.893. The third kappa shape index (κ3) is 2.89. The van der Waals surface area contributed by atoms with Crippen LogP contribution in [0.5, 0.6) is 5.75 Å². The Balaban J connectivity index is 1.80. The number of benzene rings is 2. The van der Waals surface area contributed by atoms with E-state index in [0.29, 0.717) is 12.2 Å². The van der Waals surface area contributed by atoms with E-state index in [0.717, 1.165) is 16.6 Å². The van der Waals surface area contributed by atoms with Gasteiger partial charge in [0.2, 0.25) is 0 Å². The standard InChI is InChI=1S/C16H13BO4/c18-14-3-1-2-12(9-14)16(19)7-5-11-4-6-13-10-21-17(20)15(13)8-11/h1-9,18,20H,10H2/b7-5+. The van der Waals surface area contributed by atoms with Gasteiger partial charge >= 0.3 is 7.12 Å². The lowest BCUT2D eigenvalue weighted by Gasteiger charge is -2.00. The Morgan fingerprint density at radius 1 is 1.24 bits per heavy atom. The highest BCUT2D eigenvalue weighted by Gasteiger charge is 2.26. The molecular formula is C16H13BO4. The molecule has 2 aromatic carbocycles. The number of hydrogen-bond acceptors (Lipinski definition) is 4. The number of carbonyl (C=O) groups is 1. The van der Waals surface area contributed by atoms with Crippen LogP contribution in [0.3, 0.4) is 0 Å². The van der Waals surface area contributed by atoms with Crippen molar-refractivity contribution in [2.75, 3.05) is 0 Å². The van der Waals surface area contributed by atoms with Crippen LogP contribution in [-0.2, 0) is 11.3 Å². The summed E-state index contributed by atoms with van der Waals surface area (Å²) >= 11 is 0. The molecule has 5 heteroatoms. The molecule has 0 spiro atoms. The average Bonchev–Trinajstić information content (AvgIpc) is 2.86. The van der Waals surface area contributed by atoms with Crippen molar-refractivity contribution in [3.05, 3.63) is 65.2 Å². The summed E-state index contributed by atoms with van der Waals surface area (Å²) in [6, 6.07) is 11.8. The predicted molar refractivity (Wildman–Crippen MR) is 80.3 cm³/mol. The van der Waals surface area contributed by atoms with Crippen molar-refractivity contribution in [1.82, 2.24) is 0 Å². The lowest BCUT2D eigenvalue weighted by Crippen LogP contribution is -2.28. The lowest BCUT2D eigenvalue weighted by atomic mass is 9.79. The molecule has 1 aliphatic heterocycles. The van der Waals surface area contributed by atoms with Gasteiger partial charge < -0.3 is 14.8 Å². The molecule has 0 atom stereocenters. The first-order valence-electron chi connectivity index (χ1n) is 6.57. The van der Waals surface area contributed by atoms with Gasteiger partial charge in [0.25, 0.3) is 0 Å². The molecular weight excluding hydrogens is 267 g/mol. The van der Waals surface area contributed by atoms with Crippen molar-refractivity contribution < 1.29 is 19.6 Å². The Kier molecular flexibility index (Phi) is 3.60. The summed E-state index contributed by atoms with van der Waals surface area (Å²) in [5.74, 6) is -0.129. The van der Waals surface area contributed by atoms with Crippen LogP contribution in [0, 0.1) is 0 Å². The topological polar surface area (TPSA) is 66.8 Å². The Hall–Kier alpha value is -2.37. The predicted octanol–water partition coefficient (Wildman–Crippen LogP) is 1.51. The van der Waals surface area contributed by atoms with E-state index >= 15 is 0 Å². The van der Waals surface area contributed by atoms with E-state index < -0.39 is 7.12 Å². The molecule has 104 valence electrons. The smallest absolute Gasteiger partial charge is 0.491 e. The SMILES string of the molecule is O=C(/C=C/c1ccc2c(c1)B(O)OC2)c1cccc(O)c1. The zero-order valence-corrected chi connectivity index (χ0v) is 11.2. The van der Waals surface area contributed by atoms with Crippen molar-refractivity contribution in [2.24, 2.45) is 0 Å². The fourth-order valence-corrected chi connectivity index (χ4v) is 2.26. The van der Waals surface area contributed by atoms with Gasteiger partial charge in [-0.15, -0.1) is 0 Å². The zero-order chi connectivity index (χ0) is 14.8. The maximum atomic E-state index is 12.0. The highest BCUT2D eigenvalue weighted by atomic mass is 16.5. The number of rotatable bonds is 3. The van der Waals surface area contributed by atoms with Gasteiger partial charge in [-0.05, 0) is 34.8 Å². The minimum atomic E-state index is -0.893. The van der Waals surface area contributed by atoms with Crippen LogP contribution >= 0.6 is 0 Å². The van der Waals surface area contributed by atoms with Gasteiger partial charge in [-0.2, -0.15) is 0 Å². The van der Waals surface area contributed by atoms with Gasteiger partial charge in [-0.25, -0.2) is 0 Å². The maximum absolute atomic E-state index is 12.0. The number of allylic oxidation sites excluding steroid dienone is 1. The molecule has 0 unspecified atom stereocenters. The molecule has 2 aromatic rings. The number of ketones is 1. The van der Waals surface area contributed by atoms with Crippen molar-refractivity contribution in [2.45, 2.75) is 6.61 Å². The van der Waals surface area contributed by atoms with E-state index in [9.17, 15) is 14.9 Å². The number of phenolic OH excluding ortho intramolecular Hbond substituents is 1. The molecule has 0 fully saturated rings. The molecule has 2 N–H and O–H groups in total. The minimum absolute atomic E-state index is 0.0621. The molecule has 4 nitrogen and oxygen atoms in total. The Bertz CT molecular complexity index is 724. The maximum Gasteiger partial charge on any atom is 0.491 e. The summed E-state index contributed by atoms with van der Waals surface area (Å²) in [6.07, 6.45) is 3.12. The van der Waals surface area contributed by atoms with E-state index in [1.807, 2.05) is 12.1 Å². The average molecular weight is 280 g/mol. The highest BCUT2D eigenvalue weighted by molar-refractivity contribution is 6.61. The van der Waals surface area contributed by atoms with Gasteiger partial charge in [-0.1, -0.05) is 36.4 Å². The molecule has 1 heterocycles. The number of fused-ring (bicyclic) bond motifs is 1. The third-order valence-electron chi connectivity index (χ3n) is 3.39. The number of hydrogen-bond donors (Lipinski definition) is 2. The normalized spacial score (nSPS) is 13.7. The highest BCUT2D eigenvalue weighted by Crippen LogP contribution is 2.14. The molecule has 0 aliphatic carbocycles. The largest absolute Gasteiger partial charge is 0.508 e. The molecule has 3 rings (SSSR count). The second-order valence-corrected chi connectivity index (χ2v) is 4.87. The minimum Gasteiger partial charge on any atom is -0.508 e. The van der Waals surface area contributed by atoms with Gasteiger partial charge in [-0.3, -0.25) is 4.79 Å². The molecule has 0 amide bonds. The lowest BCUT2D eigenvalue weighted by molar-refractivity contribution is 0.104. The molecule has 0 radical (unpaired) electrons. The molecule has 1 aliphatic rings. The van der Waals surface area contributed by atoms with Gasteiger partial charge in [0.05, 0.1) is 6.61 Å².